The van der Waals surface area contributed by atoms with Crippen molar-refractivity contribution in [3.63, 3.8) is 0 Å². The molecule has 0 amide bonds. The first-order valence-electron chi connectivity index (χ1n) is 13.2. The normalized spacial score (nSPS) is 19.0. The number of H-pyrrole nitrogens is 1. The summed E-state index contributed by atoms with van der Waals surface area (Å²) in [5, 5.41) is 24.7. The maximum Gasteiger partial charge on any atom is 0.269 e. The average molecular weight is 531 g/mol. The van der Waals surface area contributed by atoms with Gasteiger partial charge in [-0.3, -0.25) is 19.8 Å². The van der Waals surface area contributed by atoms with Crippen molar-refractivity contribution in [3.05, 3.63) is 86.0 Å². The summed E-state index contributed by atoms with van der Waals surface area (Å²) < 4.78 is 7.63. The number of hydrogen-bond donors (Lipinski definition) is 1. The molecule has 1 N–H and O–H groups in total. The average Bonchev–Trinajstić information content (AvgIpc) is 3.63. The number of rotatable bonds is 7. The van der Waals surface area contributed by atoms with Crippen LogP contribution in [-0.2, 0) is 11.3 Å². The van der Waals surface area contributed by atoms with Crippen LogP contribution < -0.4 is 10.5 Å². The van der Waals surface area contributed by atoms with E-state index in [4.69, 9.17) is 4.74 Å². The highest BCUT2D eigenvalue weighted by atomic mass is 16.6. The maximum atomic E-state index is 13.5. The van der Waals surface area contributed by atoms with E-state index in [1.807, 2.05) is 25.1 Å². The molecular weight excluding hydrogens is 500 g/mol. The van der Waals surface area contributed by atoms with E-state index in [2.05, 4.69) is 36.4 Å². The third kappa shape index (κ3) is 5.12. The lowest BCUT2D eigenvalue weighted by atomic mass is 10.0. The summed E-state index contributed by atoms with van der Waals surface area (Å²) in [6.45, 7) is 5.98. The van der Waals surface area contributed by atoms with E-state index in [0.29, 0.717) is 44.1 Å². The highest BCUT2D eigenvalue weighted by Crippen LogP contribution is 2.30. The van der Waals surface area contributed by atoms with Crippen molar-refractivity contribution in [2.24, 2.45) is 0 Å². The van der Waals surface area contributed by atoms with E-state index >= 15 is 0 Å². The molecule has 2 saturated heterocycles. The lowest BCUT2D eigenvalue weighted by Crippen LogP contribution is -2.49. The summed E-state index contributed by atoms with van der Waals surface area (Å²) in [7, 11) is 0. The van der Waals surface area contributed by atoms with Gasteiger partial charge in [0.2, 0.25) is 0 Å². The van der Waals surface area contributed by atoms with Gasteiger partial charge >= 0.3 is 0 Å². The minimum Gasteiger partial charge on any atom is -0.376 e. The molecule has 0 spiro atoms. The molecule has 0 radical (unpaired) electrons. The maximum absolute atomic E-state index is 13.5. The van der Waals surface area contributed by atoms with Crippen LogP contribution in [0.2, 0.25) is 0 Å². The van der Waals surface area contributed by atoms with Gasteiger partial charge in [-0.2, -0.15) is 0 Å². The van der Waals surface area contributed by atoms with E-state index in [1.54, 1.807) is 16.8 Å². The molecule has 2 aromatic carbocycles. The summed E-state index contributed by atoms with van der Waals surface area (Å²) in [6, 6.07) is 14.1. The van der Waals surface area contributed by atoms with Gasteiger partial charge in [-0.15, -0.1) is 5.10 Å². The number of non-ortho nitro benzene ring substituents is 1. The number of hydrogen-bond acceptors (Lipinski definition) is 9. The van der Waals surface area contributed by atoms with E-state index in [1.165, 1.54) is 12.1 Å². The number of aryl methyl sites for hydroxylation is 1. The van der Waals surface area contributed by atoms with Crippen LogP contribution in [0.5, 0.6) is 0 Å². The first-order chi connectivity index (χ1) is 19.0. The van der Waals surface area contributed by atoms with Crippen molar-refractivity contribution in [1.29, 1.82) is 0 Å². The van der Waals surface area contributed by atoms with E-state index in [-0.39, 0.29) is 17.4 Å². The van der Waals surface area contributed by atoms with Gasteiger partial charge in [-0.1, -0.05) is 11.6 Å². The largest absolute Gasteiger partial charge is 0.376 e. The predicted molar refractivity (Wildman–Crippen MR) is 145 cm³/mol. The minimum absolute atomic E-state index is 0.0458. The number of aromatic amines is 1. The molecule has 2 aromatic heterocycles. The number of benzene rings is 2. The van der Waals surface area contributed by atoms with Crippen molar-refractivity contribution in [2.75, 3.05) is 37.7 Å². The van der Waals surface area contributed by atoms with Gasteiger partial charge in [0.25, 0.3) is 11.2 Å². The Hall–Kier alpha value is -4.16. The fraction of sp³-hybridized carbons (Fsp3) is 0.407. The monoisotopic (exact) mass is 530 g/mol. The lowest BCUT2D eigenvalue weighted by Gasteiger charge is -2.39. The van der Waals surface area contributed by atoms with Crippen molar-refractivity contribution in [1.82, 2.24) is 30.1 Å². The van der Waals surface area contributed by atoms with Crippen molar-refractivity contribution < 1.29 is 9.66 Å². The summed E-state index contributed by atoms with van der Waals surface area (Å²) in [6.07, 6.45) is 2.01. The summed E-state index contributed by atoms with van der Waals surface area (Å²) in [4.78, 5) is 31.6. The second-order valence-electron chi connectivity index (χ2n) is 10.2. The Balaban J connectivity index is 1.33. The fourth-order valence-electron chi connectivity index (χ4n) is 5.59. The zero-order chi connectivity index (χ0) is 26.9. The number of tetrazole rings is 1. The predicted octanol–water partition coefficient (Wildman–Crippen LogP) is 2.82. The molecule has 12 nitrogen and oxygen atoms in total. The van der Waals surface area contributed by atoms with Gasteiger partial charge in [0.05, 0.1) is 17.6 Å². The number of nitrogens with zero attached hydrogens (tertiary/aromatic N) is 7. The summed E-state index contributed by atoms with van der Waals surface area (Å²) in [5.74, 6) is 0.617. The number of nitro groups is 1. The SMILES string of the molecule is Cc1ccc2[nH]c(=O)c([C@H](c3nnnn3C[C@@H]3CCCO3)N3CCN(c4ccc([N+](=O)[O-])cc4)CC3)cc2c1. The van der Waals surface area contributed by atoms with Crippen LogP contribution in [0.4, 0.5) is 11.4 Å². The molecule has 0 unspecified atom stereocenters. The molecule has 12 heteroatoms. The number of fused-ring (bicyclic) bond motifs is 1. The van der Waals surface area contributed by atoms with Crippen LogP contribution in [0, 0.1) is 17.0 Å². The zero-order valence-electron chi connectivity index (χ0n) is 21.7. The van der Waals surface area contributed by atoms with Crippen molar-refractivity contribution >= 4 is 22.3 Å². The Bertz CT molecular complexity index is 1540. The number of piperazine rings is 1. The first-order valence-corrected chi connectivity index (χ1v) is 13.2. The molecule has 6 rings (SSSR count). The highest BCUT2D eigenvalue weighted by Gasteiger charge is 2.33. The van der Waals surface area contributed by atoms with Gasteiger partial charge in [0.15, 0.2) is 5.82 Å². The Labute approximate surface area is 224 Å². The lowest BCUT2D eigenvalue weighted by molar-refractivity contribution is -0.384. The molecular formula is C27H30N8O4. The molecule has 0 aliphatic carbocycles. The summed E-state index contributed by atoms with van der Waals surface area (Å²) in [5.41, 5.74) is 3.33. The standard InChI is InChI=1S/C27H30N8O4/c1-18-4-9-24-19(15-18)16-23(27(36)28-24)25(26-29-30-31-34(26)17-22-3-2-14-39-22)33-12-10-32(11-13-33)20-5-7-21(8-6-20)35(37)38/h4-9,15-16,22,25H,2-3,10-14,17H2,1H3,(H,28,36)/t22-,25+/m0/s1. The van der Waals surface area contributed by atoms with Gasteiger partial charge in [0, 0.05) is 61.7 Å². The van der Waals surface area contributed by atoms with Crippen LogP contribution in [-0.4, -0.2) is 73.9 Å². The Morgan fingerprint density at radius 2 is 1.92 bits per heavy atom. The van der Waals surface area contributed by atoms with Crippen LogP contribution in [0.25, 0.3) is 10.9 Å². The Kier molecular flexibility index (Phi) is 6.79. The molecule has 2 aliphatic heterocycles. The minimum atomic E-state index is -0.450. The molecule has 202 valence electrons. The Morgan fingerprint density at radius 1 is 1.13 bits per heavy atom. The topological polar surface area (TPSA) is 135 Å². The third-order valence-electron chi connectivity index (χ3n) is 7.63. The quantitative estimate of drug-likeness (QED) is 0.283. The molecule has 0 bridgehead atoms. The number of nitrogens with one attached hydrogen (secondary N) is 1. The van der Waals surface area contributed by atoms with Gasteiger partial charge < -0.3 is 14.6 Å². The second-order valence-corrected chi connectivity index (χ2v) is 10.2. The van der Waals surface area contributed by atoms with Crippen molar-refractivity contribution in [3.8, 4) is 0 Å². The van der Waals surface area contributed by atoms with Gasteiger partial charge in [0.1, 0.15) is 6.04 Å². The van der Waals surface area contributed by atoms with Crippen LogP contribution in [0.1, 0.15) is 35.8 Å². The van der Waals surface area contributed by atoms with E-state index < -0.39 is 11.0 Å². The highest BCUT2D eigenvalue weighted by molar-refractivity contribution is 5.79. The van der Waals surface area contributed by atoms with Crippen LogP contribution in [0.3, 0.4) is 0 Å². The summed E-state index contributed by atoms with van der Waals surface area (Å²) >= 11 is 0. The number of pyridine rings is 1. The second kappa shape index (κ2) is 10.5. The molecule has 2 fully saturated rings. The van der Waals surface area contributed by atoms with Gasteiger partial charge in [-0.05, 0) is 65.9 Å². The van der Waals surface area contributed by atoms with E-state index in [0.717, 1.165) is 41.6 Å². The third-order valence-corrected chi connectivity index (χ3v) is 7.63. The number of anilines is 1. The number of ether oxygens (including phenoxy) is 1. The molecule has 0 saturated carbocycles. The molecule has 4 heterocycles. The molecule has 39 heavy (non-hydrogen) atoms. The van der Waals surface area contributed by atoms with Crippen LogP contribution in [0.15, 0.2) is 53.3 Å². The van der Waals surface area contributed by atoms with E-state index in [9.17, 15) is 14.9 Å². The fourth-order valence-corrected chi connectivity index (χ4v) is 5.59. The Morgan fingerprint density at radius 3 is 2.64 bits per heavy atom. The number of aromatic nitrogens is 5. The van der Waals surface area contributed by atoms with Crippen molar-refractivity contribution in [2.45, 2.75) is 38.5 Å². The zero-order valence-corrected chi connectivity index (χ0v) is 21.7. The first kappa shape index (κ1) is 25.1. The molecule has 4 aromatic rings. The number of nitro benzene ring substituents is 1. The van der Waals surface area contributed by atoms with Crippen LogP contribution >= 0.6 is 0 Å². The molecule has 2 atom stereocenters. The van der Waals surface area contributed by atoms with Gasteiger partial charge in [-0.25, -0.2) is 4.68 Å². The molecule has 2 aliphatic rings. The smallest absolute Gasteiger partial charge is 0.269 e.